The van der Waals surface area contributed by atoms with Crippen LogP contribution in [0, 0.1) is 0 Å². The minimum atomic E-state index is 0.461. The van der Waals surface area contributed by atoms with Crippen molar-refractivity contribution < 1.29 is 4.74 Å². The third-order valence-electron chi connectivity index (χ3n) is 3.18. The topological polar surface area (TPSA) is 21.3 Å². The fraction of sp³-hybridized carbons (Fsp3) is 1.00. The predicted octanol–water partition coefficient (Wildman–Crippen LogP) is 2.29. The van der Waals surface area contributed by atoms with E-state index in [4.69, 9.17) is 4.74 Å². The number of nitrogens with one attached hydrogen (secondary N) is 1. The van der Waals surface area contributed by atoms with Crippen LogP contribution in [0.5, 0.6) is 0 Å². The van der Waals surface area contributed by atoms with Gasteiger partial charge in [-0.25, -0.2) is 0 Å². The first-order chi connectivity index (χ1) is 6.73. The van der Waals surface area contributed by atoms with Crippen molar-refractivity contribution in [3.05, 3.63) is 0 Å². The number of ether oxygens (including phenoxy) is 1. The van der Waals surface area contributed by atoms with Crippen LogP contribution in [-0.4, -0.2) is 37.3 Å². The van der Waals surface area contributed by atoms with Crippen LogP contribution in [0.25, 0.3) is 0 Å². The highest BCUT2D eigenvalue weighted by atomic mass is 32.2. The lowest BCUT2D eigenvalue weighted by molar-refractivity contribution is 0.186. The Labute approximate surface area is 92.2 Å². The van der Waals surface area contributed by atoms with Gasteiger partial charge in [-0.2, -0.15) is 11.8 Å². The molecule has 1 saturated heterocycles. The zero-order chi connectivity index (χ0) is 10.4. The molecule has 3 heteroatoms. The van der Waals surface area contributed by atoms with E-state index in [-0.39, 0.29) is 0 Å². The molecule has 0 saturated carbocycles. The molecule has 0 radical (unpaired) electrons. The quantitative estimate of drug-likeness (QED) is 0.690. The van der Waals surface area contributed by atoms with Crippen LogP contribution in [-0.2, 0) is 4.74 Å². The highest BCUT2D eigenvalue weighted by Gasteiger charge is 2.36. The van der Waals surface area contributed by atoms with E-state index in [0.717, 1.165) is 13.0 Å². The summed E-state index contributed by atoms with van der Waals surface area (Å²) in [5, 5.41) is 3.47. The summed E-state index contributed by atoms with van der Waals surface area (Å²) in [6, 6.07) is 0.644. The molecule has 1 N–H and O–H groups in total. The molecule has 1 aliphatic heterocycles. The molecule has 0 aromatic carbocycles. The number of rotatable bonds is 6. The van der Waals surface area contributed by atoms with Crippen molar-refractivity contribution in [1.29, 1.82) is 0 Å². The maximum absolute atomic E-state index is 5.10. The number of methoxy groups -OCH3 is 1. The fourth-order valence-electron chi connectivity index (χ4n) is 2.26. The minimum absolute atomic E-state index is 0.461. The molecule has 0 aliphatic carbocycles. The van der Waals surface area contributed by atoms with Crippen LogP contribution in [0.1, 0.15) is 32.6 Å². The van der Waals surface area contributed by atoms with Crippen molar-refractivity contribution >= 4 is 11.8 Å². The third kappa shape index (κ3) is 3.14. The van der Waals surface area contributed by atoms with E-state index in [0.29, 0.717) is 10.8 Å². The Kier molecular flexibility index (Phi) is 5.28. The molecular formula is C11H23NOS. The first-order valence-electron chi connectivity index (χ1n) is 5.53. The summed E-state index contributed by atoms with van der Waals surface area (Å²) in [5.74, 6) is 1.33. The van der Waals surface area contributed by atoms with Gasteiger partial charge in [-0.05, 0) is 45.4 Å². The van der Waals surface area contributed by atoms with Gasteiger partial charge in [0.25, 0.3) is 0 Å². The van der Waals surface area contributed by atoms with Crippen molar-refractivity contribution in [2.75, 3.05) is 26.5 Å². The summed E-state index contributed by atoms with van der Waals surface area (Å²) < 4.78 is 5.56. The van der Waals surface area contributed by atoms with Crippen molar-refractivity contribution in [1.82, 2.24) is 5.32 Å². The van der Waals surface area contributed by atoms with Gasteiger partial charge in [-0.3, -0.25) is 0 Å². The van der Waals surface area contributed by atoms with Gasteiger partial charge in [-0.15, -0.1) is 0 Å². The molecule has 1 fully saturated rings. The summed E-state index contributed by atoms with van der Waals surface area (Å²) in [6.45, 7) is 3.29. The molecule has 0 aromatic heterocycles. The fourth-order valence-corrected chi connectivity index (χ4v) is 3.74. The second kappa shape index (κ2) is 5.99. The van der Waals surface area contributed by atoms with Crippen molar-refractivity contribution in [3.63, 3.8) is 0 Å². The molecule has 14 heavy (non-hydrogen) atoms. The van der Waals surface area contributed by atoms with Gasteiger partial charge in [0, 0.05) is 24.5 Å². The van der Waals surface area contributed by atoms with Gasteiger partial charge in [0.2, 0.25) is 0 Å². The van der Waals surface area contributed by atoms with Crippen LogP contribution in [0.4, 0.5) is 0 Å². The maximum Gasteiger partial charge on any atom is 0.0462 e. The van der Waals surface area contributed by atoms with E-state index in [1.54, 1.807) is 7.11 Å². The maximum atomic E-state index is 5.10. The summed E-state index contributed by atoms with van der Waals surface area (Å²) in [4.78, 5) is 0. The molecule has 0 spiro atoms. The predicted molar refractivity (Wildman–Crippen MR) is 64.1 cm³/mol. The Balaban J connectivity index is 2.35. The molecule has 0 amide bonds. The number of hydrogen-bond donors (Lipinski definition) is 1. The van der Waals surface area contributed by atoms with Crippen LogP contribution in [0.3, 0.4) is 0 Å². The SMILES string of the molecule is CNC(CCCOC)C1(C)CCCS1. The van der Waals surface area contributed by atoms with Gasteiger partial charge >= 0.3 is 0 Å². The lowest BCUT2D eigenvalue weighted by atomic mass is 9.93. The molecule has 1 aliphatic rings. The lowest BCUT2D eigenvalue weighted by Gasteiger charge is -2.33. The Bertz CT molecular complexity index is 157. The zero-order valence-corrected chi connectivity index (χ0v) is 10.5. The van der Waals surface area contributed by atoms with E-state index < -0.39 is 0 Å². The van der Waals surface area contributed by atoms with Crippen LogP contribution in [0.15, 0.2) is 0 Å². The first-order valence-corrected chi connectivity index (χ1v) is 6.51. The molecule has 2 nitrogen and oxygen atoms in total. The van der Waals surface area contributed by atoms with Crippen molar-refractivity contribution in [2.45, 2.75) is 43.4 Å². The molecule has 0 aromatic rings. The Morgan fingerprint density at radius 3 is 2.86 bits per heavy atom. The molecule has 2 atom stereocenters. The molecular weight excluding hydrogens is 194 g/mol. The monoisotopic (exact) mass is 217 g/mol. The van der Waals surface area contributed by atoms with E-state index in [1.807, 2.05) is 0 Å². The zero-order valence-electron chi connectivity index (χ0n) is 9.64. The van der Waals surface area contributed by atoms with Gasteiger partial charge < -0.3 is 10.1 Å². The average Bonchev–Trinajstić information content (AvgIpc) is 2.61. The Morgan fingerprint density at radius 1 is 1.57 bits per heavy atom. The van der Waals surface area contributed by atoms with Gasteiger partial charge in [0.15, 0.2) is 0 Å². The molecule has 84 valence electrons. The Hall–Kier alpha value is 0.270. The largest absolute Gasteiger partial charge is 0.385 e. The van der Waals surface area contributed by atoms with Gasteiger partial charge in [-0.1, -0.05) is 0 Å². The van der Waals surface area contributed by atoms with Gasteiger partial charge in [0.1, 0.15) is 0 Å². The van der Waals surface area contributed by atoms with Gasteiger partial charge in [0.05, 0.1) is 0 Å². The van der Waals surface area contributed by atoms with E-state index in [1.165, 1.54) is 25.0 Å². The first kappa shape index (κ1) is 12.3. The highest BCUT2D eigenvalue weighted by Crippen LogP contribution is 2.41. The second-order valence-corrected chi connectivity index (χ2v) is 5.87. The van der Waals surface area contributed by atoms with Crippen LogP contribution >= 0.6 is 11.8 Å². The third-order valence-corrected chi connectivity index (χ3v) is 4.82. The second-order valence-electron chi connectivity index (χ2n) is 4.24. The summed E-state index contributed by atoms with van der Waals surface area (Å²) in [6.07, 6.45) is 5.13. The summed E-state index contributed by atoms with van der Waals surface area (Å²) in [5.41, 5.74) is 0. The van der Waals surface area contributed by atoms with E-state index in [9.17, 15) is 0 Å². The van der Waals surface area contributed by atoms with Crippen molar-refractivity contribution in [2.24, 2.45) is 0 Å². The van der Waals surface area contributed by atoms with E-state index in [2.05, 4.69) is 31.1 Å². The highest BCUT2D eigenvalue weighted by molar-refractivity contribution is 8.00. The van der Waals surface area contributed by atoms with Crippen LogP contribution in [0.2, 0.25) is 0 Å². The minimum Gasteiger partial charge on any atom is -0.385 e. The molecule has 0 bridgehead atoms. The smallest absolute Gasteiger partial charge is 0.0462 e. The Morgan fingerprint density at radius 2 is 2.36 bits per heavy atom. The molecule has 1 rings (SSSR count). The number of thioether (sulfide) groups is 1. The average molecular weight is 217 g/mol. The van der Waals surface area contributed by atoms with Crippen molar-refractivity contribution in [3.8, 4) is 0 Å². The molecule has 2 unspecified atom stereocenters. The lowest BCUT2D eigenvalue weighted by Crippen LogP contribution is -2.43. The van der Waals surface area contributed by atoms with E-state index >= 15 is 0 Å². The van der Waals surface area contributed by atoms with Crippen LogP contribution < -0.4 is 5.32 Å². The summed E-state index contributed by atoms with van der Waals surface area (Å²) in [7, 11) is 3.86. The summed E-state index contributed by atoms with van der Waals surface area (Å²) >= 11 is 2.13. The standard InChI is InChI=1S/C11H23NOS/c1-11(7-5-9-14-11)10(12-2)6-4-8-13-3/h10,12H,4-9H2,1-3H3. The normalized spacial score (nSPS) is 29.4. The molecule has 1 heterocycles. The number of hydrogen-bond acceptors (Lipinski definition) is 3.